The van der Waals surface area contributed by atoms with Crippen LogP contribution in [-0.2, 0) is 22.7 Å². The molecule has 0 saturated carbocycles. The Hall–Kier alpha value is -3.48. The number of aryl methyl sites for hydroxylation is 1. The number of allylic oxidation sites excluding steroid dienone is 1. The summed E-state index contributed by atoms with van der Waals surface area (Å²) in [6.45, 7) is 7.44. The molecule has 2 heterocycles. The van der Waals surface area contributed by atoms with Gasteiger partial charge in [0.2, 0.25) is 0 Å². The number of amides is 4. The molecule has 0 aliphatic carbocycles. The largest absolute Gasteiger partial charge is 0.345 e. The van der Waals surface area contributed by atoms with E-state index >= 15 is 0 Å². The summed E-state index contributed by atoms with van der Waals surface area (Å²) in [7, 11) is 0. The molecule has 2 aromatic rings. The van der Waals surface area contributed by atoms with Crippen LogP contribution < -0.4 is 0 Å². The number of benzene rings is 1. The van der Waals surface area contributed by atoms with Crippen LogP contribution in [0.5, 0.6) is 0 Å². The van der Waals surface area contributed by atoms with E-state index in [2.05, 4.69) is 6.58 Å². The summed E-state index contributed by atoms with van der Waals surface area (Å²) in [5.74, 6) is -2.28. The molecule has 1 aliphatic heterocycles. The lowest BCUT2D eigenvalue weighted by Crippen LogP contribution is -2.37. The summed E-state index contributed by atoms with van der Waals surface area (Å²) < 4.78 is 1.92. The Kier molecular flexibility index (Phi) is 5.26. The molecule has 0 bridgehead atoms. The Balaban J connectivity index is 1.79. The number of aromatic nitrogens is 1. The van der Waals surface area contributed by atoms with Crippen molar-refractivity contribution in [3.8, 4) is 0 Å². The maximum Gasteiger partial charge on any atom is 0.334 e. The van der Waals surface area contributed by atoms with E-state index in [0.717, 1.165) is 21.9 Å². The molecule has 1 saturated heterocycles. The highest BCUT2D eigenvalue weighted by Crippen LogP contribution is 2.20. The molecule has 4 amide bonds. The van der Waals surface area contributed by atoms with Gasteiger partial charge in [-0.25, -0.2) is 9.69 Å². The topological polar surface area (TPSA) is 79.7 Å². The minimum atomic E-state index is -0.978. The molecule has 0 N–H and O–H groups in total. The maximum atomic E-state index is 12.7. The Morgan fingerprint density at radius 3 is 2.32 bits per heavy atom. The first kappa shape index (κ1) is 19.3. The summed E-state index contributed by atoms with van der Waals surface area (Å²) in [5, 5.41) is 0. The van der Waals surface area contributed by atoms with Gasteiger partial charge in [-0.2, -0.15) is 0 Å². The second-order valence-electron chi connectivity index (χ2n) is 6.66. The van der Waals surface area contributed by atoms with Crippen molar-refractivity contribution in [3.63, 3.8) is 0 Å². The number of carbonyl (C=O) groups is 4. The standard InChI is InChI=1S/C21H21N3O4/c1-4-10-22-14(2)11-17(15(22)3)18(25)13-24-20(27)19(26)23(21(24)28)12-16-8-6-5-7-9-16/h4-9,11H,1,10,12-13H2,2-3H3. The van der Waals surface area contributed by atoms with Crippen LogP contribution in [0.25, 0.3) is 0 Å². The van der Waals surface area contributed by atoms with E-state index in [0.29, 0.717) is 17.0 Å². The van der Waals surface area contributed by atoms with Gasteiger partial charge in [0.1, 0.15) is 0 Å². The molecule has 3 rings (SSSR count). The summed E-state index contributed by atoms with van der Waals surface area (Å²) in [6, 6.07) is 9.84. The normalized spacial score (nSPS) is 14.1. The van der Waals surface area contributed by atoms with Gasteiger partial charge in [-0.3, -0.25) is 19.3 Å². The van der Waals surface area contributed by atoms with Gasteiger partial charge in [-0.1, -0.05) is 36.4 Å². The second-order valence-corrected chi connectivity index (χ2v) is 6.66. The molecular weight excluding hydrogens is 358 g/mol. The van der Waals surface area contributed by atoms with Crippen molar-refractivity contribution in [2.24, 2.45) is 0 Å². The smallest absolute Gasteiger partial charge is 0.334 e. The van der Waals surface area contributed by atoms with Gasteiger partial charge in [0, 0.05) is 23.5 Å². The summed E-state index contributed by atoms with van der Waals surface area (Å²) >= 11 is 0. The van der Waals surface area contributed by atoms with Gasteiger partial charge in [0.15, 0.2) is 5.78 Å². The lowest BCUT2D eigenvalue weighted by Gasteiger charge is -2.15. The van der Waals surface area contributed by atoms with Crippen molar-refractivity contribution in [1.29, 1.82) is 0 Å². The van der Waals surface area contributed by atoms with E-state index in [1.807, 2.05) is 17.6 Å². The minimum absolute atomic E-state index is 0.0111. The van der Waals surface area contributed by atoms with Crippen molar-refractivity contribution in [2.45, 2.75) is 26.9 Å². The third kappa shape index (κ3) is 3.38. The van der Waals surface area contributed by atoms with Crippen LogP contribution in [-0.4, -0.2) is 44.5 Å². The van der Waals surface area contributed by atoms with Crippen LogP contribution in [0.1, 0.15) is 27.3 Å². The summed E-state index contributed by atoms with van der Waals surface area (Å²) in [4.78, 5) is 51.5. The van der Waals surface area contributed by atoms with Crippen LogP contribution in [0.3, 0.4) is 0 Å². The molecule has 0 atom stereocenters. The molecule has 28 heavy (non-hydrogen) atoms. The van der Waals surface area contributed by atoms with Crippen LogP contribution in [0.2, 0.25) is 0 Å². The van der Waals surface area contributed by atoms with E-state index in [-0.39, 0.29) is 12.3 Å². The third-order valence-electron chi connectivity index (χ3n) is 4.81. The molecule has 1 aromatic heterocycles. The average molecular weight is 379 g/mol. The van der Waals surface area contributed by atoms with Gasteiger partial charge in [0.05, 0.1) is 13.1 Å². The van der Waals surface area contributed by atoms with Gasteiger partial charge < -0.3 is 4.57 Å². The fraction of sp³-hybridized carbons (Fsp3) is 0.238. The molecule has 7 heteroatoms. The van der Waals surface area contributed by atoms with E-state index < -0.39 is 24.4 Å². The van der Waals surface area contributed by atoms with Crippen LogP contribution in [0, 0.1) is 13.8 Å². The van der Waals surface area contributed by atoms with Crippen molar-refractivity contribution < 1.29 is 19.2 Å². The molecule has 1 aromatic carbocycles. The number of rotatable bonds is 7. The lowest BCUT2D eigenvalue weighted by molar-refractivity contribution is -0.143. The van der Waals surface area contributed by atoms with Crippen LogP contribution in [0.15, 0.2) is 49.1 Å². The lowest BCUT2D eigenvalue weighted by atomic mass is 10.1. The zero-order chi connectivity index (χ0) is 20.4. The molecular formula is C21H21N3O4. The predicted octanol–water partition coefficient (Wildman–Crippen LogP) is 2.46. The zero-order valence-corrected chi connectivity index (χ0v) is 15.8. The highest BCUT2D eigenvalue weighted by atomic mass is 16.2. The number of hydrogen-bond acceptors (Lipinski definition) is 4. The van der Waals surface area contributed by atoms with Crippen molar-refractivity contribution in [1.82, 2.24) is 14.4 Å². The molecule has 1 aliphatic rings. The van der Waals surface area contributed by atoms with Gasteiger partial charge in [0.25, 0.3) is 0 Å². The van der Waals surface area contributed by atoms with Crippen LogP contribution in [0.4, 0.5) is 4.79 Å². The fourth-order valence-corrected chi connectivity index (χ4v) is 3.32. The quantitative estimate of drug-likeness (QED) is 0.320. The number of urea groups is 1. The van der Waals surface area contributed by atoms with Crippen molar-refractivity contribution >= 4 is 23.6 Å². The average Bonchev–Trinajstić information content (AvgIpc) is 3.07. The zero-order valence-electron chi connectivity index (χ0n) is 15.8. The Labute approximate surface area is 162 Å². The monoisotopic (exact) mass is 379 g/mol. The highest BCUT2D eigenvalue weighted by Gasteiger charge is 2.45. The molecule has 144 valence electrons. The highest BCUT2D eigenvalue weighted by molar-refractivity contribution is 6.45. The minimum Gasteiger partial charge on any atom is -0.345 e. The third-order valence-corrected chi connectivity index (χ3v) is 4.81. The summed E-state index contributed by atoms with van der Waals surface area (Å²) in [5.41, 5.74) is 2.75. The van der Waals surface area contributed by atoms with Gasteiger partial charge in [-0.05, 0) is 25.5 Å². The maximum absolute atomic E-state index is 12.7. The summed E-state index contributed by atoms with van der Waals surface area (Å²) in [6.07, 6.45) is 1.72. The van der Waals surface area contributed by atoms with Gasteiger partial charge >= 0.3 is 17.8 Å². The van der Waals surface area contributed by atoms with E-state index in [1.54, 1.807) is 43.3 Å². The van der Waals surface area contributed by atoms with E-state index in [4.69, 9.17) is 0 Å². The Morgan fingerprint density at radius 1 is 1.04 bits per heavy atom. The molecule has 0 spiro atoms. The number of Topliss-reactive ketones (excluding diaryl/α,β-unsaturated/α-hetero) is 1. The molecule has 0 radical (unpaired) electrons. The second kappa shape index (κ2) is 7.64. The molecule has 0 unspecified atom stereocenters. The fourth-order valence-electron chi connectivity index (χ4n) is 3.32. The SMILES string of the molecule is C=CCn1c(C)cc(C(=O)CN2C(=O)C(=O)N(Cc3ccccc3)C2=O)c1C. The number of nitrogens with zero attached hydrogens (tertiary/aromatic N) is 3. The number of hydrogen-bond donors (Lipinski definition) is 0. The van der Waals surface area contributed by atoms with E-state index in [1.165, 1.54) is 0 Å². The number of ketones is 1. The molecule has 7 nitrogen and oxygen atoms in total. The van der Waals surface area contributed by atoms with Crippen molar-refractivity contribution in [2.75, 3.05) is 6.54 Å². The first-order valence-corrected chi connectivity index (χ1v) is 8.87. The Morgan fingerprint density at radius 2 is 1.68 bits per heavy atom. The first-order chi connectivity index (χ1) is 13.3. The van der Waals surface area contributed by atoms with Gasteiger partial charge in [-0.15, -0.1) is 6.58 Å². The molecule has 1 fully saturated rings. The van der Waals surface area contributed by atoms with E-state index in [9.17, 15) is 19.2 Å². The Bertz CT molecular complexity index is 975. The van der Waals surface area contributed by atoms with Crippen molar-refractivity contribution in [3.05, 3.63) is 71.6 Å². The predicted molar refractivity (Wildman–Crippen MR) is 103 cm³/mol. The number of carbonyl (C=O) groups excluding carboxylic acids is 4. The first-order valence-electron chi connectivity index (χ1n) is 8.87. The number of imide groups is 2. The van der Waals surface area contributed by atoms with Crippen LogP contribution >= 0.6 is 0 Å².